The molecule has 2 rings (SSSR count). The average Bonchev–Trinajstić information content (AvgIpc) is 2.88. The summed E-state index contributed by atoms with van der Waals surface area (Å²) in [5.41, 5.74) is 7.51. The number of nitrogens with two attached hydrogens (primary N) is 1. The molecule has 4 heteroatoms. The summed E-state index contributed by atoms with van der Waals surface area (Å²) in [6, 6.07) is 7.92. The second-order valence-corrected chi connectivity index (χ2v) is 4.32. The first-order chi connectivity index (χ1) is 8.72. The number of benzene rings is 1. The van der Waals surface area contributed by atoms with Gasteiger partial charge in [-0.05, 0) is 37.6 Å². The van der Waals surface area contributed by atoms with Crippen molar-refractivity contribution in [3.05, 3.63) is 36.2 Å². The molecule has 1 heterocycles. The van der Waals surface area contributed by atoms with Gasteiger partial charge in [0.2, 0.25) is 0 Å². The molecule has 0 radical (unpaired) electrons. The van der Waals surface area contributed by atoms with E-state index in [0.29, 0.717) is 6.54 Å². The van der Waals surface area contributed by atoms with Crippen LogP contribution in [0.3, 0.4) is 0 Å². The van der Waals surface area contributed by atoms with Crippen LogP contribution >= 0.6 is 0 Å². The molecule has 2 aromatic rings. The molecule has 1 unspecified atom stereocenters. The van der Waals surface area contributed by atoms with Crippen LogP contribution in [0, 0.1) is 0 Å². The first-order valence-corrected chi connectivity index (χ1v) is 6.24. The lowest BCUT2D eigenvalue weighted by Crippen LogP contribution is -2.09. The topological polar surface area (TPSA) is 63.9 Å². The number of H-pyrrole nitrogens is 1. The number of nitrogens with one attached hydrogen (secondary N) is 1. The Balaban J connectivity index is 2.11. The van der Waals surface area contributed by atoms with Crippen molar-refractivity contribution in [2.45, 2.75) is 32.9 Å². The van der Waals surface area contributed by atoms with E-state index in [0.717, 1.165) is 29.3 Å². The van der Waals surface area contributed by atoms with Gasteiger partial charge < -0.3 is 15.5 Å². The van der Waals surface area contributed by atoms with E-state index in [1.54, 1.807) is 6.20 Å². The Morgan fingerprint density at radius 1 is 1.33 bits per heavy atom. The quantitative estimate of drug-likeness (QED) is 0.851. The molecular weight excluding hydrogens is 226 g/mol. The average molecular weight is 245 g/mol. The van der Waals surface area contributed by atoms with Gasteiger partial charge in [-0.15, -0.1) is 0 Å². The van der Waals surface area contributed by atoms with Gasteiger partial charge in [-0.25, -0.2) is 4.98 Å². The molecule has 0 spiro atoms. The molecule has 0 aliphatic carbocycles. The molecule has 18 heavy (non-hydrogen) atoms. The maximum absolute atomic E-state index is 5.73. The molecule has 0 saturated heterocycles. The maximum atomic E-state index is 5.73. The van der Waals surface area contributed by atoms with Crippen molar-refractivity contribution in [2.24, 2.45) is 5.73 Å². The van der Waals surface area contributed by atoms with Gasteiger partial charge in [-0.1, -0.05) is 6.92 Å². The van der Waals surface area contributed by atoms with E-state index < -0.39 is 0 Å². The van der Waals surface area contributed by atoms with Gasteiger partial charge in [-0.3, -0.25) is 0 Å². The van der Waals surface area contributed by atoms with Crippen molar-refractivity contribution in [1.82, 2.24) is 9.97 Å². The molecular formula is C14H19N3O. The fourth-order valence-corrected chi connectivity index (χ4v) is 1.62. The molecule has 1 aromatic carbocycles. The van der Waals surface area contributed by atoms with Crippen LogP contribution in [0.2, 0.25) is 0 Å². The van der Waals surface area contributed by atoms with Crippen molar-refractivity contribution in [3.63, 3.8) is 0 Å². The van der Waals surface area contributed by atoms with Crippen molar-refractivity contribution in [3.8, 4) is 17.1 Å². The Kier molecular flexibility index (Phi) is 3.99. The smallest absolute Gasteiger partial charge is 0.137 e. The molecule has 4 nitrogen and oxygen atoms in total. The Bertz CT molecular complexity index is 490. The lowest BCUT2D eigenvalue weighted by molar-refractivity contribution is 0.217. The predicted octanol–water partition coefficient (Wildman–Crippen LogP) is 2.71. The number of rotatable bonds is 5. The highest BCUT2D eigenvalue weighted by atomic mass is 16.5. The van der Waals surface area contributed by atoms with E-state index in [2.05, 4.69) is 23.8 Å². The zero-order valence-corrected chi connectivity index (χ0v) is 10.8. The Morgan fingerprint density at radius 3 is 2.61 bits per heavy atom. The van der Waals surface area contributed by atoms with Gasteiger partial charge in [0.1, 0.15) is 11.6 Å². The number of hydrogen-bond donors (Lipinski definition) is 2. The van der Waals surface area contributed by atoms with E-state index in [-0.39, 0.29) is 6.10 Å². The standard InChI is InChI=1S/C14H19N3O/c1-3-10(2)18-13-6-4-11(5-7-13)14-16-9-12(8-15)17-14/h4-7,9-10H,3,8,15H2,1-2H3,(H,16,17). The van der Waals surface area contributed by atoms with Gasteiger partial charge >= 0.3 is 0 Å². The zero-order chi connectivity index (χ0) is 13.0. The van der Waals surface area contributed by atoms with Gasteiger partial charge in [0.25, 0.3) is 0 Å². The molecule has 0 fully saturated rings. The van der Waals surface area contributed by atoms with Crippen LogP contribution in [0.25, 0.3) is 11.4 Å². The normalized spacial score (nSPS) is 12.4. The van der Waals surface area contributed by atoms with Crippen molar-refractivity contribution in [2.75, 3.05) is 0 Å². The summed E-state index contributed by atoms with van der Waals surface area (Å²) < 4.78 is 5.73. The largest absolute Gasteiger partial charge is 0.491 e. The summed E-state index contributed by atoms with van der Waals surface area (Å²) in [6.07, 6.45) is 3.00. The summed E-state index contributed by atoms with van der Waals surface area (Å²) in [5.74, 6) is 1.73. The lowest BCUT2D eigenvalue weighted by Gasteiger charge is -2.12. The first-order valence-electron chi connectivity index (χ1n) is 6.24. The third-order valence-electron chi connectivity index (χ3n) is 2.89. The molecule has 1 atom stereocenters. The SMILES string of the molecule is CCC(C)Oc1ccc(-c2ncc(CN)[nH]2)cc1. The number of nitrogens with zero attached hydrogens (tertiary/aromatic N) is 1. The van der Waals surface area contributed by atoms with Crippen molar-refractivity contribution in [1.29, 1.82) is 0 Å². The third kappa shape index (κ3) is 2.90. The highest BCUT2D eigenvalue weighted by Crippen LogP contribution is 2.21. The van der Waals surface area contributed by atoms with Crippen LogP contribution in [-0.2, 0) is 6.54 Å². The molecule has 0 amide bonds. The van der Waals surface area contributed by atoms with Crippen LogP contribution in [-0.4, -0.2) is 16.1 Å². The Hall–Kier alpha value is -1.81. The Labute approximate surface area is 107 Å². The summed E-state index contributed by atoms with van der Waals surface area (Å²) in [7, 11) is 0. The fourth-order valence-electron chi connectivity index (χ4n) is 1.62. The number of aromatic amines is 1. The summed E-state index contributed by atoms with van der Waals surface area (Å²) in [6.45, 7) is 4.65. The third-order valence-corrected chi connectivity index (χ3v) is 2.89. The molecule has 3 N–H and O–H groups in total. The summed E-state index contributed by atoms with van der Waals surface area (Å²) in [5, 5.41) is 0. The minimum atomic E-state index is 0.239. The van der Waals surface area contributed by atoms with Crippen molar-refractivity contribution < 1.29 is 4.74 Å². The summed E-state index contributed by atoms with van der Waals surface area (Å²) in [4.78, 5) is 7.46. The second-order valence-electron chi connectivity index (χ2n) is 4.32. The first kappa shape index (κ1) is 12.6. The fraction of sp³-hybridized carbons (Fsp3) is 0.357. The zero-order valence-electron chi connectivity index (χ0n) is 10.8. The van der Waals surface area contributed by atoms with Crippen LogP contribution < -0.4 is 10.5 Å². The molecule has 96 valence electrons. The number of hydrogen-bond acceptors (Lipinski definition) is 3. The van der Waals surface area contributed by atoms with Crippen LogP contribution in [0.1, 0.15) is 26.0 Å². The number of aromatic nitrogens is 2. The van der Waals surface area contributed by atoms with Gasteiger partial charge in [0, 0.05) is 24.0 Å². The van der Waals surface area contributed by atoms with E-state index in [9.17, 15) is 0 Å². The highest BCUT2D eigenvalue weighted by Gasteiger charge is 2.04. The molecule has 0 saturated carbocycles. The minimum Gasteiger partial charge on any atom is -0.491 e. The number of imidazole rings is 1. The maximum Gasteiger partial charge on any atom is 0.137 e. The van der Waals surface area contributed by atoms with Crippen LogP contribution in [0.5, 0.6) is 5.75 Å². The van der Waals surface area contributed by atoms with Gasteiger partial charge in [0.15, 0.2) is 0 Å². The van der Waals surface area contributed by atoms with E-state index in [1.165, 1.54) is 0 Å². The van der Waals surface area contributed by atoms with Gasteiger partial charge in [-0.2, -0.15) is 0 Å². The predicted molar refractivity (Wildman–Crippen MR) is 72.3 cm³/mol. The van der Waals surface area contributed by atoms with Crippen molar-refractivity contribution >= 4 is 0 Å². The molecule has 1 aromatic heterocycles. The van der Waals surface area contributed by atoms with E-state index in [1.807, 2.05) is 24.3 Å². The van der Waals surface area contributed by atoms with E-state index in [4.69, 9.17) is 10.5 Å². The van der Waals surface area contributed by atoms with Crippen LogP contribution in [0.15, 0.2) is 30.5 Å². The minimum absolute atomic E-state index is 0.239. The lowest BCUT2D eigenvalue weighted by atomic mass is 10.2. The highest BCUT2D eigenvalue weighted by molar-refractivity contribution is 5.56. The molecule has 0 aliphatic heterocycles. The molecule has 0 bridgehead atoms. The number of ether oxygens (including phenoxy) is 1. The van der Waals surface area contributed by atoms with Crippen LogP contribution in [0.4, 0.5) is 0 Å². The van der Waals surface area contributed by atoms with E-state index >= 15 is 0 Å². The summed E-state index contributed by atoms with van der Waals surface area (Å²) >= 11 is 0. The van der Waals surface area contributed by atoms with Gasteiger partial charge in [0.05, 0.1) is 6.10 Å². The second kappa shape index (κ2) is 5.69. The Morgan fingerprint density at radius 2 is 2.06 bits per heavy atom. The monoisotopic (exact) mass is 245 g/mol. The molecule has 0 aliphatic rings.